The first-order valence-electron chi connectivity index (χ1n) is 5.72. The predicted molar refractivity (Wildman–Crippen MR) is 75.3 cm³/mol. The Morgan fingerprint density at radius 3 is 2.45 bits per heavy atom. The SMILES string of the molecule is Clc1ccccn1.N#Cc1ccccc1-n1cncn1. The van der Waals surface area contributed by atoms with Crippen molar-refractivity contribution < 1.29 is 0 Å². The van der Waals surface area contributed by atoms with Gasteiger partial charge in [-0.05, 0) is 24.3 Å². The van der Waals surface area contributed by atoms with Crippen molar-refractivity contribution in [3.8, 4) is 11.8 Å². The van der Waals surface area contributed by atoms with Crippen molar-refractivity contribution in [2.45, 2.75) is 0 Å². The first-order valence-corrected chi connectivity index (χ1v) is 6.09. The third-order valence-corrected chi connectivity index (χ3v) is 2.54. The van der Waals surface area contributed by atoms with Gasteiger partial charge >= 0.3 is 0 Å². The number of nitriles is 1. The molecule has 2 aromatic heterocycles. The third-order valence-electron chi connectivity index (χ3n) is 2.32. The lowest BCUT2D eigenvalue weighted by molar-refractivity contribution is 0.876. The van der Waals surface area contributed by atoms with Gasteiger partial charge in [0.2, 0.25) is 0 Å². The van der Waals surface area contributed by atoms with Crippen LogP contribution in [0.2, 0.25) is 5.15 Å². The number of hydrogen-bond donors (Lipinski definition) is 0. The molecule has 0 N–H and O–H groups in total. The summed E-state index contributed by atoms with van der Waals surface area (Å²) in [4.78, 5) is 7.56. The lowest BCUT2D eigenvalue weighted by Gasteiger charge is -2.00. The van der Waals surface area contributed by atoms with Gasteiger partial charge in [-0.2, -0.15) is 10.4 Å². The normalized spacial score (nSPS) is 9.20. The number of rotatable bonds is 1. The van der Waals surface area contributed by atoms with Gasteiger partial charge in [-0.3, -0.25) is 0 Å². The lowest BCUT2D eigenvalue weighted by Crippen LogP contribution is -1.96. The average Bonchev–Trinajstić information content (AvgIpc) is 3.03. The lowest BCUT2D eigenvalue weighted by atomic mass is 10.2. The summed E-state index contributed by atoms with van der Waals surface area (Å²) in [6, 6.07) is 14.8. The van der Waals surface area contributed by atoms with E-state index in [9.17, 15) is 0 Å². The van der Waals surface area contributed by atoms with E-state index in [4.69, 9.17) is 16.9 Å². The van der Waals surface area contributed by atoms with Gasteiger partial charge in [0.05, 0.1) is 11.3 Å². The van der Waals surface area contributed by atoms with E-state index < -0.39 is 0 Å². The van der Waals surface area contributed by atoms with Crippen LogP contribution < -0.4 is 0 Å². The monoisotopic (exact) mass is 283 g/mol. The van der Waals surface area contributed by atoms with E-state index in [1.54, 1.807) is 29.3 Å². The number of pyridine rings is 1. The molecule has 0 unspecified atom stereocenters. The molecule has 0 aliphatic rings. The van der Waals surface area contributed by atoms with Gasteiger partial charge in [-0.15, -0.1) is 0 Å². The molecular formula is C14H10ClN5. The van der Waals surface area contributed by atoms with Gasteiger partial charge in [0, 0.05) is 6.20 Å². The highest BCUT2D eigenvalue weighted by Crippen LogP contribution is 2.10. The van der Waals surface area contributed by atoms with Crippen LogP contribution >= 0.6 is 11.6 Å². The number of halogens is 1. The second kappa shape index (κ2) is 7.02. The molecule has 98 valence electrons. The fourth-order valence-electron chi connectivity index (χ4n) is 1.44. The van der Waals surface area contributed by atoms with Crippen LogP contribution in [0.5, 0.6) is 0 Å². The summed E-state index contributed by atoms with van der Waals surface area (Å²) < 4.78 is 1.57. The minimum atomic E-state index is 0.544. The van der Waals surface area contributed by atoms with Crippen molar-refractivity contribution in [3.05, 3.63) is 72.0 Å². The maximum absolute atomic E-state index is 8.81. The molecule has 3 aromatic rings. The fraction of sp³-hybridized carbons (Fsp3) is 0. The second-order valence-corrected chi connectivity index (χ2v) is 4.01. The Balaban J connectivity index is 0.000000178. The highest BCUT2D eigenvalue weighted by molar-refractivity contribution is 6.29. The molecule has 3 rings (SSSR count). The van der Waals surface area contributed by atoms with Crippen molar-refractivity contribution in [1.82, 2.24) is 19.7 Å². The summed E-state index contributed by atoms with van der Waals surface area (Å²) in [5, 5.41) is 13.3. The van der Waals surface area contributed by atoms with Crippen molar-refractivity contribution >= 4 is 11.6 Å². The Labute approximate surface area is 121 Å². The molecule has 0 aliphatic heterocycles. The van der Waals surface area contributed by atoms with Crippen LogP contribution in [0, 0.1) is 11.3 Å². The van der Waals surface area contributed by atoms with Crippen molar-refractivity contribution in [1.29, 1.82) is 5.26 Å². The molecule has 2 heterocycles. The summed E-state index contributed by atoms with van der Waals surface area (Å²) in [5.41, 5.74) is 1.34. The van der Waals surface area contributed by atoms with Crippen LogP contribution in [-0.4, -0.2) is 19.7 Å². The molecule has 0 amide bonds. The van der Waals surface area contributed by atoms with E-state index in [0.717, 1.165) is 5.69 Å². The maximum Gasteiger partial charge on any atom is 0.138 e. The van der Waals surface area contributed by atoms with Crippen molar-refractivity contribution in [2.24, 2.45) is 0 Å². The molecule has 6 heteroatoms. The van der Waals surface area contributed by atoms with Gasteiger partial charge < -0.3 is 0 Å². The van der Waals surface area contributed by atoms with Crippen LogP contribution in [0.1, 0.15) is 5.56 Å². The van der Waals surface area contributed by atoms with E-state index in [0.29, 0.717) is 10.7 Å². The van der Waals surface area contributed by atoms with E-state index >= 15 is 0 Å². The highest BCUT2D eigenvalue weighted by atomic mass is 35.5. The molecular weight excluding hydrogens is 274 g/mol. The largest absolute Gasteiger partial charge is 0.245 e. The molecule has 20 heavy (non-hydrogen) atoms. The molecule has 0 atom stereocenters. The van der Waals surface area contributed by atoms with E-state index in [1.807, 2.05) is 30.3 Å². The molecule has 0 aliphatic carbocycles. The fourth-order valence-corrected chi connectivity index (χ4v) is 1.57. The molecule has 1 aromatic carbocycles. The van der Waals surface area contributed by atoms with Gasteiger partial charge in [-0.1, -0.05) is 29.8 Å². The first kappa shape index (κ1) is 13.7. The molecule has 0 fully saturated rings. The number of hydrogen-bond acceptors (Lipinski definition) is 4. The Hall–Kier alpha value is -2.71. The minimum absolute atomic E-state index is 0.544. The molecule has 5 nitrogen and oxygen atoms in total. The molecule has 0 saturated carbocycles. The smallest absolute Gasteiger partial charge is 0.138 e. The van der Waals surface area contributed by atoms with Gasteiger partial charge in [0.25, 0.3) is 0 Å². The second-order valence-electron chi connectivity index (χ2n) is 3.62. The standard InChI is InChI=1S/C9H6N4.C5H4ClN/c10-5-8-3-1-2-4-9(8)13-7-11-6-12-13;6-5-3-1-2-4-7-5/h1-4,6-7H;1-4H. The van der Waals surface area contributed by atoms with Crippen LogP contribution in [0.15, 0.2) is 61.3 Å². The first-order chi connectivity index (χ1) is 9.81. The number of benzene rings is 1. The molecule has 0 saturated heterocycles. The van der Waals surface area contributed by atoms with Gasteiger partial charge in [0.1, 0.15) is 23.9 Å². The zero-order valence-corrected chi connectivity index (χ0v) is 11.1. The van der Waals surface area contributed by atoms with Crippen molar-refractivity contribution in [3.63, 3.8) is 0 Å². The summed E-state index contributed by atoms with van der Waals surface area (Å²) in [5.74, 6) is 0. The van der Waals surface area contributed by atoms with E-state index in [1.165, 1.54) is 6.33 Å². The summed E-state index contributed by atoms with van der Waals surface area (Å²) in [7, 11) is 0. The summed E-state index contributed by atoms with van der Waals surface area (Å²) in [6.45, 7) is 0. The van der Waals surface area contributed by atoms with Crippen LogP contribution in [0.25, 0.3) is 5.69 Å². The Bertz CT molecular complexity index is 689. The van der Waals surface area contributed by atoms with E-state index in [-0.39, 0.29) is 0 Å². The predicted octanol–water partition coefficient (Wildman–Crippen LogP) is 2.87. The van der Waals surface area contributed by atoms with Crippen LogP contribution in [0.3, 0.4) is 0 Å². The Morgan fingerprint density at radius 1 is 1.10 bits per heavy atom. The van der Waals surface area contributed by atoms with Crippen LogP contribution in [0.4, 0.5) is 0 Å². The average molecular weight is 284 g/mol. The highest BCUT2D eigenvalue weighted by Gasteiger charge is 2.01. The minimum Gasteiger partial charge on any atom is -0.245 e. The number of para-hydroxylation sites is 1. The van der Waals surface area contributed by atoms with Gasteiger partial charge in [0.15, 0.2) is 0 Å². The Morgan fingerprint density at radius 2 is 1.90 bits per heavy atom. The van der Waals surface area contributed by atoms with E-state index in [2.05, 4.69) is 21.1 Å². The molecule has 0 bridgehead atoms. The zero-order chi connectivity index (χ0) is 14.2. The quantitative estimate of drug-likeness (QED) is 0.644. The maximum atomic E-state index is 8.81. The molecule has 0 spiro atoms. The van der Waals surface area contributed by atoms with Crippen LogP contribution in [-0.2, 0) is 0 Å². The summed E-state index contributed by atoms with van der Waals surface area (Å²) in [6.07, 6.45) is 4.66. The molecule has 0 radical (unpaired) electrons. The van der Waals surface area contributed by atoms with Gasteiger partial charge in [-0.25, -0.2) is 14.6 Å². The Kier molecular flexibility index (Phi) is 4.81. The van der Waals surface area contributed by atoms with Crippen molar-refractivity contribution in [2.75, 3.05) is 0 Å². The number of aromatic nitrogens is 4. The zero-order valence-electron chi connectivity index (χ0n) is 10.4. The number of nitrogens with zero attached hydrogens (tertiary/aromatic N) is 5. The topological polar surface area (TPSA) is 67.4 Å². The summed E-state index contributed by atoms with van der Waals surface area (Å²) >= 11 is 5.43. The third kappa shape index (κ3) is 3.64.